The van der Waals surface area contributed by atoms with Crippen LogP contribution in [0.3, 0.4) is 0 Å². The molecule has 1 aliphatic carbocycles. The molecule has 0 aliphatic heterocycles. The molecule has 0 spiro atoms. The number of aliphatic carboxylic acids is 1. The number of benzene rings is 1. The number of carbonyl (C=O) groups is 1. The highest BCUT2D eigenvalue weighted by Crippen LogP contribution is 2.25. The van der Waals surface area contributed by atoms with Gasteiger partial charge in [-0.25, -0.2) is 0 Å². The lowest BCUT2D eigenvalue weighted by atomic mass is 9.88. The predicted octanol–water partition coefficient (Wildman–Crippen LogP) is 2.12. The molecule has 0 saturated carbocycles. The van der Waals surface area contributed by atoms with Crippen LogP contribution in [0.5, 0.6) is 0 Å². The number of carboxylic acid groups (broad SMARTS) is 1. The number of rotatable bonds is 3. The Hall–Kier alpha value is -2.10. The monoisotopic (exact) mass is 256 g/mol. The normalized spacial score (nSPS) is 18.0. The Morgan fingerprint density at radius 3 is 2.89 bits per heavy atom. The lowest BCUT2D eigenvalue weighted by Gasteiger charge is -2.16. The number of aryl methyl sites for hydroxylation is 1. The van der Waals surface area contributed by atoms with Gasteiger partial charge >= 0.3 is 5.97 Å². The van der Waals surface area contributed by atoms with Gasteiger partial charge in [0.2, 0.25) is 0 Å². The van der Waals surface area contributed by atoms with E-state index in [0.717, 1.165) is 24.2 Å². The van der Waals surface area contributed by atoms with E-state index in [9.17, 15) is 4.79 Å². The molecule has 1 atom stereocenters. The summed E-state index contributed by atoms with van der Waals surface area (Å²) >= 11 is 0. The highest BCUT2D eigenvalue weighted by atomic mass is 16.4. The van der Waals surface area contributed by atoms with E-state index in [-0.39, 0.29) is 5.92 Å². The van der Waals surface area contributed by atoms with E-state index in [1.165, 1.54) is 5.56 Å². The number of hydrogen-bond acceptors (Lipinski definition) is 2. The Morgan fingerprint density at radius 1 is 1.37 bits per heavy atom. The number of fused-ring (bicyclic) bond motifs is 1. The first-order valence-electron chi connectivity index (χ1n) is 6.54. The number of hydrogen-bond donors (Lipinski definition) is 1. The molecular formula is C15H16N2O2. The second-order valence-electron chi connectivity index (χ2n) is 5.06. The van der Waals surface area contributed by atoms with Gasteiger partial charge in [0.25, 0.3) is 0 Å². The third kappa shape index (κ3) is 2.52. The first-order chi connectivity index (χ1) is 9.22. The van der Waals surface area contributed by atoms with E-state index in [2.05, 4.69) is 17.2 Å². The Kier molecular flexibility index (Phi) is 3.07. The van der Waals surface area contributed by atoms with E-state index >= 15 is 0 Å². The number of nitrogens with zero attached hydrogens (tertiary/aromatic N) is 2. The molecule has 3 rings (SSSR count). The maximum atomic E-state index is 11.0. The van der Waals surface area contributed by atoms with Crippen molar-refractivity contribution in [3.63, 3.8) is 0 Å². The summed E-state index contributed by atoms with van der Waals surface area (Å²) in [5.74, 6) is -0.941. The molecule has 1 aromatic heterocycles. The third-order valence-electron chi connectivity index (χ3n) is 3.66. The Balaban J connectivity index is 1.78. The Labute approximate surface area is 111 Å². The van der Waals surface area contributed by atoms with Gasteiger partial charge in [0.1, 0.15) is 0 Å². The molecule has 1 heterocycles. The van der Waals surface area contributed by atoms with Crippen LogP contribution in [0.2, 0.25) is 0 Å². The summed E-state index contributed by atoms with van der Waals surface area (Å²) in [6.07, 6.45) is 4.08. The maximum absolute atomic E-state index is 11.0. The fourth-order valence-electron chi connectivity index (χ4n) is 2.62. The van der Waals surface area contributed by atoms with Gasteiger partial charge in [0.05, 0.1) is 18.2 Å². The smallest absolute Gasteiger partial charge is 0.306 e. The molecule has 1 aromatic carbocycles. The number of aromatic nitrogens is 2. The molecule has 19 heavy (non-hydrogen) atoms. The van der Waals surface area contributed by atoms with E-state index in [4.69, 9.17) is 5.11 Å². The minimum atomic E-state index is -0.693. The standard InChI is InChI=1S/C15H16N2O2/c18-15(19)12-6-7-14-13(8-12)10-17(16-14)9-11-4-2-1-3-5-11/h1-5,10,12H,6-9H2,(H,18,19). The van der Waals surface area contributed by atoms with E-state index in [1.807, 2.05) is 29.1 Å². The van der Waals surface area contributed by atoms with Crippen LogP contribution >= 0.6 is 0 Å². The molecule has 0 saturated heterocycles. The van der Waals surface area contributed by atoms with Crippen LogP contribution in [-0.2, 0) is 24.2 Å². The number of carboxylic acids is 1. The molecule has 0 amide bonds. The largest absolute Gasteiger partial charge is 0.481 e. The summed E-state index contributed by atoms with van der Waals surface area (Å²) in [7, 11) is 0. The molecule has 0 bridgehead atoms. The molecule has 4 nitrogen and oxygen atoms in total. The van der Waals surface area contributed by atoms with Crippen LogP contribution in [0, 0.1) is 5.92 Å². The first kappa shape index (κ1) is 12.0. The zero-order chi connectivity index (χ0) is 13.2. The summed E-state index contributed by atoms with van der Waals surface area (Å²) in [5, 5.41) is 13.6. The molecule has 4 heteroatoms. The minimum Gasteiger partial charge on any atom is -0.481 e. The predicted molar refractivity (Wildman–Crippen MR) is 70.9 cm³/mol. The lowest BCUT2D eigenvalue weighted by Crippen LogP contribution is -2.21. The summed E-state index contributed by atoms with van der Waals surface area (Å²) in [5.41, 5.74) is 3.36. The van der Waals surface area contributed by atoms with E-state index in [1.54, 1.807) is 0 Å². The summed E-state index contributed by atoms with van der Waals surface area (Å²) < 4.78 is 1.92. The zero-order valence-corrected chi connectivity index (χ0v) is 10.6. The van der Waals surface area contributed by atoms with Crippen molar-refractivity contribution in [1.82, 2.24) is 9.78 Å². The molecule has 0 radical (unpaired) electrons. The van der Waals surface area contributed by atoms with Crippen molar-refractivity contribution in [3.8, 4) is 0 Å². The van der Waals surface area contributed by atoms with Crippen molar-refractivity contribution in [1.29, 1.82) is 0 Å². The summed E-state index contributed by atoms with van der Waals surface area (Å²) in [4.78, 5) is 11.0. The van der Waals surface area contributed by atoms with Crippen LogP contribution in [0.15, 0.2) is 36.5 Å². The van der Waals surface area contributed by atoms with Gasteiger partial charge in [-0.15, -0.1) is 0 Å². The molecule has 98 valence electrons. The van der Waals surface area contributed by atoms with Crippen molar-refractivity contribution >= 4 is 5.97 Å². The van der Waals surface area contributed by atoms with Crippen LogP contribution in [-0.4, -0.2) is 20.9 Å². The first-order valence-corrected chi connectivity index (χ1v) is 6.54. The fourth-order valence-corrected chi connectivity index (χ4v) is 2.62. The highest BCUT2D eigenvalue weighted by Gasteiger charge is 2.26. The zero-order valence-electron chi connectivity index (χ0n) is 10.6. The minimum absolute atomic E-state index is 0.248. The summed E-state index contributed by atoms with van der Waals surface area (Å²) in [6.45, 7) is 0.742. The van der Waals surface area contributed by atoms with Gasteiger partial charge in [-0.2, -0.15) is 5.10 Å². The fraction of sp³-hybridized carbons (Fsp3) is 0.333. The SMILES string of the molecule is O=C(O)C1CCc2nn(Cc3ccccc3)cc2C1. The Bertz CT molecular complexity index is 589. The van der Waals surface area contributed by atoms with E-state index in [0.29, 0.717) is 12.8 Å². The molecule has 1 unspecified atom stereocenters. The lowest BCUT2D eigenvalue weighted by molar-refractivity contribution is -0.142. The average molecular weight is 256 g/mol. The van der Waals surface area contributed by atoms with Gasteiger partial charge < -0.3 is 5.11 Å². The average Bonchev–Trinajstić information content (AvgIpc) is 2.80. The summed E-state index contributed by atoms with van der Waals surface area (Å²) in [6, 6.07) is 10.2. The van der Waals surface area contributed by atoms with Crippen molar-refractivity contribution in [2.45, 2.75) is 25.8 Å². The molecule has 0 fully saturated rings. The molecular weight excluding hydrogens is 240 g/mol. The van der Waals surface area contributed by atoms with Gasteiger partial charge in [-0.3, -0.25) is 9.48 Å². The van der Waals surface area contributed by atoms with Crippen molar-refractivity contribution in [3.05, 3.63) is 53.3 Å². The van der Waals surface area contributed by atoms with Crippen LogP contribution in [0.1, 0.15) is 23.2 Å². The van der Waals surface area contributed by atoms with Crippen LogP contribution < -0.4 is 0 Å². The topological polar surface area (TPSA) is 55.1 Å². The third-order valence-corrected chi connectivity index (χ3v) is 3.66. The molecule has 1 aliphatic rings. The van der Waals surface area contributed by atoms with Gasteiger partial charge in [0.15, 0.2) is 0 Å². The Morgan fingerprint density at radius 2 is 2.16 bits per heavy atom. The van der Waals surface area contributed by atoms with Gasteiger partial charge in [-0.05, 0) is 30.4 Å². The van der Waals surface area contributed by atoms with Gasteiger partial charge in [0, 0.05) is 6.20 Å². The van der Waals surface area contributed by atoms with Crippen LogP contribution in [0.4, 0.5) is 0 Å². The van der Waals surface area contributed by atoms with Crippen molar-refractivity contribution in [2.75, 3.05) is 0 Å². The van der Waals surface area contributed by atoms with Crippen molar-refractivity contribution in [2.24, 2.45) is 5.92 Å². The van der Waals surface area contributed by atoms with Crippen molar-refractivity contribution < 1.29 is 9.90 Å². The van der Waals surface area contributed by atoms with E-state index < -0.39 is 5.97 Å². The molecule has 2 aromatic rings. The second kappa shape index (κ2) is 4.88. The molecule has 1 N–H and O–H groups in total. The maximum Gasteiger partial charge on any atom is 0.306 e. The van der Waals surface area contributed by atoms with Gasteiger partial charge in [-0.1, -0.05) is 30.3 Å². The highest BCUT2D eigenvalue weighted by molar-refractivity contribution is 5.70. The quantitative estimate of drug-likeness (QED) is 0.915. The second-order valence-corrected chi connectivity index (χ2v) is 5.06. The van der Waals surface area contributed by atoms with Crippen LogP contribution in [0.25, 0.3) is 0 Å².